The Morgan fingerprint density at radius 1 is 0.967 bits per heavy atom. The number of rotatable bonds is 4. The summed E-state index contributed by atoms with van der Waals surface area (Å²) in [7, 11) is 0. The molecule has 1 N–H and O–H groups in total. The van der Waals surface area contributed by atoms with Crippen molar-refractivity contribution in [2.75, 3.05) is 17.8 Å². The van der Waals surface area contributed by atoms with Crippen LogP contribution in [0.2, 0.25) is 0 Å². The first-order chi connectivity index (χ1) is 14.8. The van der Waals surface area contributed by atoms with Gasteiger partial charge in [0.15, 0.2) is 0 Å². The third kappa shape index (κ3) is 3.59. The highest BCUT2D eigenvalue weighted by molar-refractivity contribution is 7.98. The zero-order valence-electron chi connectivity index (χ0n) is 17.1. The van der Waals surface area contributed by atoms with Gasteiger partial charge < -0.3 is 5.32 Å². The van der Waals surface area contributed by atoms with Gasteiger partial charge in [-0.2, -0.15) is 10.1 Å². The predicted octanol–water partition coefficient (Wildman–Crippen LogP) is 6.26. The minimum absolute atomic E-state index is 0.0947. The minimum atomic E-state index is 0.0947. The zero-order chi connectivity index (χ0) is 20.5. The van der Waals surface area contributed by atoms with Gasteiger partial charge in [0.05, 0.1) is 0 Å². The minimum Gasteiger partial charge on any atom is -0.324 e. The number of aromatic nitrogens is 3. The number of allylic oxidation sites excluding steroid dienone is 2. The van der Waals surface area contributed by atoms with Crippen LogP contribution >= 0.6 is 23.5 Å². The number of thioether (sulfide) groups is 2. The molecule has 0 fully saturated rings. The van der Waals surface area contributed by atoms with Gasteiger partial charge in [-0.15, -0.1) is 23.5 Å². The van der Waals surface area contributed by atoms with Crippen LogP contribution in [0.3, 0.4) is 0 Å². The second kappa shape index (κ2) is 8.36. The average Bonchev–Trinajstić information content (AvgIpc) is 3.27. The molecule has 1 aliphatic heterocycles. The fourth-order valence-corrected chi connectivity index (χ4v) is 5.14. The fourth-order valence-electron chi connectivity index (χ4n) is 4.32. The summed E-state index contributed by atoms with van der Waals surface area (Å²) in [5.41, 5.74) is 6.50. The van der Waals surface area contributed by atoms with E-state index < -0.39 is 0 Å². The SMILES string of the molecule is CSc1ccc(/C=C2\CCCC3=C2Nc2ncnn2[C@@H]3c2ccc(SC)cc2)cc1. The molecule has 4 nitrogen and oxygen atoms in total. The largest absolute Gasteiger partial charge is 0.324 e. The fraction of sp³-hybridized carbons (Fsp3) is 0.250. The van der Waals surface area contributed by atoms with Crippen LogP contribution in [0.5, 0.6) is 0 Å². The molecule has 0 bridgehead atoms. The monoisotopic (exact) mass is 432 g/mol. The highest BCUT2D eigenvalue weighted by Crippen LogP contribution is 2.43. The molecule has 2 aromatic carbocycles. The average molecular weight is 433 g/mol. The van der Waals surface area contributed by atoms with E-state index in [-0.39, 0.29) is 6.04 Å². The standard InChI is InChI=1S/C24H24N4S2/c1-29-19-10-6-16(7-11-19)14-18-4-3-5-21-22(18)27-24-25-15-26-28(24)23(21)17-8-12-20(30-2)13-9-17/h6-15,23H,3-5H2,1-2H3,(H,25,26,27)/b18-14+/t23-/m1/s1. The van der Waals surface area contributed by atoms with Crippen molar-refractivity contribution in [2.45, 2.75) is 35.1 Å². The first-order valence-electron chi connectivity index (χ1n) is 10.2. The second-order valence-corrected chi connectivity index (χ2v) is 9.28. The molecule has 152 valence electrons. The predicted molar refractivity (Wildman–Crippen MR) is 127 cm³/mol. The summed E-state index contributed by atoms with van der Waals surface area (Å²) in [5.74, 6) is 0.818. The van der Waals surface area contributed by atoms with Gasteiger partial charge in [0.25, 0.3) is 0 Å². The van der Waals surface area contributed by atoms with Gasteiger partial charge in [-0.3, -0.25) is 0 Å². The van der Waals surface area contributed by atoms with Crippen molar-refractivity contribution in [3.8, 4) is 0 Å². The van der Waals surface area contributed by atoms with E-state index in [2.05, 4.69) is 82.5 Å². The van der Waals surface area contributed by atoms with Crippen LogP contribution in [0.25, 0.3) is 6.08 Å². The lowest BCUT2D eigenvalue weighted by Gasteiger charge is -2.34. The van der Waals surface area contributed by atoms with E-state index in [9.17, 15) is 0 Å². The van der Waals surface area contributed by atoms with Crippen molar-refractivity contribution in [1.82, 2.24) is 14.8 Å². The van der Waals surface area contributed by atoms with Crippen molar-refractivity contribution in [3.05, 3.63) is 82.8 Å². The molecule has 0 spiro atoms. The number of benzene rings is 2. The number of nitrogens with one attached hydrogen (secondary N) is 1. The highest BCUT2D eigenvalue weighted by Gasteiger charge is 2.33. The van der Waals surface area contributed by atoms with Crippen LogP contribution in [0.1, 0.15) is 36.4 Å². The molecule has 1 atom stereocenters. The Hall–Kier alpha value is -2.44. The van der Waals surface area contributed by atoms with Crippen LogP contribution in [0.4, 0.5) is 5.95 Å². The van der Waals surface area contributed by atoms with Crippen LogP contribution in [0, 0.1) is 0 Å². The topological polar surface area (TPSA) is 42.7 Å². The molecule has 5 rings (SSSR count). The Balaban J connectivity index is 1.58. The van der Waals surface area contributed by atoms with Crippen LogP contribution in [0.15, 0.2) is 81.5 Å². The third-order valence-corrected chi connectivity index (χ3v) is 7.29. The van der Waals surface area contributed by atoms with Gasteiger partial charge in [-0.25, -0.2) is 4.68 Å². The molecule has 1 aromatic heterocycles. The van der Waals surface area contributed by atoms with Crippen molar-refractivity contribution >= 4 is 35.5 Å². The van der Waals surface area contributed by atoms with Crippen LogP contribution in [-0.4, -0.2) is 27.3 Å². The summed E-state index contributed by atoms with van der Waals surface area (Å²) in [6, 6.07) is 17.8. The van der Waals surface area contributed by atoms with E-state index in [1.54, 1.807) is 29.9 Å². The molecule has 0 unspecified atom stereocenters. The molecule has 0 saturated carbocycles. The number of nitrogens with zero attached hydrogens (tertiary/aromatic N) is 3. The molecule has 2 heterocycles. The quantitative estimate of drug-likeness (QED) is 0.493. The Bertz CT molecular complexity index is 1110. The molecule has 0 radical (unpaired) electrons. The summed E-state index contributed by atoms with van der Waals surface area (Å²) in [6.45, 7) is 0. The summed E-state index contributed by atoms with van der Waals surface area (Å²) < 4.78 is 2.03. The maximum atomic E-state index is 4.56. The summed E-state index contributed by atoms with van der Waals surface area (Å²) >= 11 is 3.54. The van der Waals surface area contributed by atoms with Crippen molar-refractivity contribution in [3.63, 3.8) is 0 Å². The highest BCUT2D eigenvalue weighted by atomic mass is 32.2. The van der Waals surface area contributed by atoms with Gasteiger partial charge in [-0.05, 0) is 84.4 Å². The van der Waals surface area contributed by atoms with Crippen molar-refractivity contribution in [2.24, 2.45) is 0 Å². The third-order valence-electron chi connectivity index (χ3n) is 5.81. The maximum absolute atomic E-state index is 4.56. The second-order valence-electron chi connectivity index (χ2n) is 7.53. The molecule has 6 heteroatoms. The molecule has 0 amide bonds. The van der Waals surface area contributed by atoms with E-state index in [0.29, 0.717) is 0 Å². The maximum Gasteiger partial charge on any atom is 0.226 e. The Morgan fingerprint density at radius 3 is 2.37 bits per heavy atom. The Labute approximate surface area is 185 Å². The lowest BCUT2D eigenvalue weighted by Crippen LogP contribution is -2.28. The smallest absolute Gasteiger partial charge is 0.226 e. The number of hydrogen-bond donors (Lipinski definition) is 1. The van der Waals surface area contributed by atoms with E-state index in [1.165, 1.54) is 37.8 Å². The molecule has 30 heavy (non-hydrogen) atoms. The van der Waals surface area contributed by atoms with Gasteiger partial charge >= 0.3 is 0 Å². The number of anilines is 1. The van der Waals surface area contributed by atoms with Crippen LogP contribution in [-0.2, 0) is 0 Å². The first-order valence-corrected chi connectivity index (χ1v) is 12.6. The molecule has 3 aromatic rings. The molecule has 0 saturated heterocycles. The summed E-state index contributed by atoms with van der Waals surface area (Å²) in [6.07, 6.45) is 11.5. The number of hydrogen-bond acceptors (Lipinski definition) is 5. The van der Waals surface area contributed by atoms with Crippen molar-refractivity contribution < 1.29 is 0 Å². The van der Waals surface area contributed by atoms with Gasteiger partial charge in [-0.1, -0.05) is 24.3 Å². The number of fused-ring (bicyclic) bond motifs is 1. The molecule has 1 aliphatic carbocycles. The Kier molecular flexibility index (Phi) is 5.44. The molecular weight excluding hydrogens is 408 g/mol. The van der Waals surface area contributed by atoms with E-state index in [4.69, 9.17) is 0 Å². The van der Waals surface area contributed by atoms with E-state index in [0.717, 1.165) is 25.2 Å². The van der Waals surface area contributed by atoms with E-state index in [1.807, 2.05) is 4.68 Å². The normalized spacial score (nSPS) is 19.4. The summed E-state index contributed by atoms with van der Waals surface area (Å²) in [4.78, 5) is 7.06. The zero-order valence-corrected chi connectivity index (χ0v) is 18.8. The van der Waals surface area contributed by atoms with Crippen molar-refractivity contribution in [1.29, 1.82) is 0 Å². The lowest BCUT2D eigenvalue weighted by atomic mass is 9.83. The molecule has 2 aliphatic rings. The summed E-state index contributed by atoms with van der Waals surface area (Å²) in [5, 5.41) is 8.14. The van der Waals surface area contributed by atoms with Gasteiger partial charge in [0.1, 0.15) is 12.4 Å². The van der Waals surface area contributed by atoms with Gasteiger partial charge in [0, 0.05) is 15.5 Å². The van der Waals surface area contributed by atoms with Crippen LogP contribution < -0.4 is 5.32 Å². The first kappa shape index (κ1) is 19.5. The Morgan fingerprint density at radius 2 is 1.67 bits per heavy atom. The molecular formula is C24H24N4S2. The van der Waals surface area contributed by atoms with Gasteiger partial charge in [0.2, 0.25) is 5.95 Å². The lowest BCUT2D eigenvalue weighted by molar-refractivity contribution is 0.538. The van der Waals surface area contributed by atoms with E-state index >= 15 is 0 Å².